The third-order valence-corrected chi connectivity index (χ3v) is 3.89. The Hall–Kier alpha value is -1.81. The van der Waals surface area contributed by atoms with Crippen LogP contribution in [0.25, 0.3) is 10.9 Å². The van der Waals surface area contributed by atoms with Crippen LogP contribution in [0.1, 0.15) is 30.1 Å². The topological polar surface area (TPSA) is 56.9 Å². The average Bonchev–Trinajstić information content (AvgIpc) is 2.88. The summed E-state index contributed by atoms with van der Waals surface area (Å²) in [6.07, 6.45) is 4.05. The number of piperidine rings is 1. The fourth-order valence-electron chi connectivity index (χ4n) is 2.69. The number of aromatic nitrogens is 1. The fourth-order valence-corrected chi connectivity index (χ4v) is 2.69. The average molecular weight is 257 g/mol. The number of hydrogen-bond donors (Lipinski definition) is 3. The number of benzene rings is 1. The van der Waals surface area contributed by atoms with Crippen molar-refractivity contribution in [3.8, 4) is 0 Å². The Bertz CT molecular complexity index is 590. The standard InChI is InChI=1S/C15H19N3O/c1-10-13(3-2-7-16-10)18-15(19)12-4-5-14-11(9-12)6-8-17-14/h4-6,8-10,13,16-17H,2-3,7H2,1H3,(H,18,19). The summed E-state index contributed by atoms with van der Waals surface area (Å²) in [4.78, 5) is 15.4. The smallest absolute Gasteiger partial charge is 0.251 e. The number of fused-ring (bicyclic) bond motifs is 1. The van der Waals surface area contributed by atoms with Crippen LogP contribution in [0, 0.1) is 0 Å². The Kier molecular flexibility index (Phi) is 3.25. The van der Waals surface area contributed by atoms with Crippen molar-refractivity contribution in [2.45, 2.75) is 31.8 Å². The minimum atomic E-state index is 0.0173. The van der Waals surface area contributed by atoms with Crippen molar-refractivity contribution < 1.29 is 4.79 Å². The Labute approximate surface area is 112 Å². The third kappa shape index (κ3) is 2.49. The molecule has 3 N–H and O–H groups in total. The summed E-state index contributed by atoms with van der Waals surface area (Å²) in [7, 11) is 0. The number of hydrogen-bond acceptors (Lipinski definition) is 2. The molecule has 2 unspecified atom stereocenters. The molecule has 0 aliphatic carbocycles. The molecule has 2 atom stereocenters. The molecule has 100 valence electrons. The molecule has 3 rings (SSSR count). The van der Waals surface area contributed by atoms with Crippen LogP contribution in [0.15, 0.2) is 30.5 Å². The zero-order chi connectivity index (χ0) is 13.2. The van der Waals surface area contributed by atoms with Crippen LogP contribution in [-0.4, -0.2) is 29.5 Å². The minimum Gasteiger partial charge on any atom is -0.361 e. The first-order valence-electron chi connectivity index (χ1n) is 6.85. The van der Waals surface area contributed by atoms with Crippen molar-refractivity contribution in [1.29, 1.82) is 0 Å². The lowest BCUT2D eigenvalue weighted by Crippen LogP contribution is -2.51. The van der Waals surface area contributed by atoms with E-state index in [1.165, 1.54) is 0 Å². The summed E-state index contributed by atoms with van der Waals surface area (Å²) in [5, 5.41) is 7.60. The predicted molar refractivity (Wildman–Crippen MR) is 76.3 cm³/mol. The molecule has 1 aromatic carbocycles. The molecule has 1 aliphatic rings. The van der Waals surface area contributed by atoms with Crippen LogP contribution in [0.5, 0.6) is 0 Å². The summed E-state index contributed by atoms with van der Waals surface area (Å²) >= 11 is 0. The van der Waals surface area contributed by atoms with E-state index in [0.717, 1.165) is 35.9 Å². The maximum Gasteiger partial charge on any atom is 0.251 e. The first-order valence-corrected chi connectivity index (χ1v) is 6.85. The molecule has 1 saturated heterocycles. The summed E-state index contributed by atoms with van der Waals surface area (Å²) in [5.74, 6) is 0.0173. The van der Waals surface area contributed by atoms with Crippen molar-refractivity contribution in [2.24, 2.45) is 0 Å². The van der Waals surface area contributed by atoms with E-state index >= 15 is 0 Å². The first-order chi connectivity index (χ1) is 9.24. The Morgan fingerprint density at radius 3 is 3.11 bits per heavy atom. The molecular formula is C15H19N3O. The molecule has 0 saturated carbocycles. The number of rotatable bonds is 2. The van der Waals surface area contributed by atoms with Crippen LogP contribution in [0.2, 0.25) is 0 Å². The molecule has 0 spiro atoms. The minimum absolute atomic E-state index is 0.0173. The number of amides is 1. The highest BCUT2D eigenvalue weighted by Gasteiger charge is 2.22. The third-order valence-electron chi connectivity index (χ3n) is 3.89. The highest BCUT2D eigenvalue weighted by Crippen LogP contribution is 2.15. The lowest BCUT2D eigenvalue weighted by molar-refractivity contribution is 0.0920. The van der Waals surface area contributed by atoms with Gasteiger partial charge in [0.15, 0.2) is 0 Å². The molecular weight excluding hydrogens is 238 g/mol. The summed E-state index contributed by atoms with van der Waals surface area (Å²) < 4.78 is 0. The van der Waals surface area contributed by atoms with E-state index < -0.39 is 0 Å². The monoisotopic (exact) mass is 257 g/mol. The summed E-state index contributed by atoms with van der Waals surface area (Å²) in [5.41, 5.74) is 1.79. The highest BCUT2D eigenvalue weighted by atomic mass is 16.1. The van der Waals surface area contributed by atoms with E-state index in [2.05, 4.69) is 22.5 Å². The normalized spacial score (nSPS) is 23.4. The second-order valence-electron chi connectivity index (χ2n) is 5.24. The van der Waals surface area contributed by atoms with Crippen molar-refractivity contribution >= 4 is 16.8 Å². The van der Waals surface area contributed by atoms with Gasteiger partial charge in [-0.2, -0.15) is 0 Å². The van der Waals surface area contributed by atoms with Gasteiger partial charge in [-0.25, -0.2) is 0 Å². The Morgan fingerprint density at radius 2 is 2.26 bits per heavy atom. The first kappa shape index (κ1) is 12.2. The fraction of sp³-hybridized carbons (Fsp3) is 0.400. The second-order valence-corrected chi connectivity index (χ2v) is 5.24. The van der Waals surface area contributed by atoms with Crippen LogP contribution >= 0.6 is 0 Å². The van der Waals surface area contributed by atoms with Gasteiger partial charge in [0, 0.05) is 34.7 Å². The Morgan fingerprint density at radius 1 is 1.37 bits per heavy atom. The molecule has 2 heterocycles. The number of carbonyl (C=O) groups is 1. The number of carbonyl (C=O) groups excluding carboxylic acids is 1. The van der Waals surface area contributed by atoms with Gasteiger partial charge in [0.25, 0.3) is 5.91 Å². The molecule has 4 nitrogen and oxygen atoms in total. The van der Waals surface area contributed by atoms with Gasteiger partial charge in [-0.05, 0) is 50.6 Å². The van der Waals surface area contributed by atoms with E-state index in [1.54, 1.807) is 0 Å². The van der Waals surface area contributed by atoms with E-state index in [0.29, 0.717) is 6.04 Å². The quantitative estimate of drug-likeness (QED) is 0.771. The lowest BCUT2D eigenvalue weighted by atomic mass is 9.99. The number of aromatic amines is 1. The molecule has 4 heteroatoms. The summed E-state index contributed by atoms with van der Waals surface area (Å²) in [6.45, 7) is 3.17. The van der Waals surface area contributed by atoms with Gasteiger partial charge in [0.1, 0.15) is 0 Å². The molecule has 1 fully saturated rings. The van der Waals surface area contributed by atoms with Gasteiger partial charge >= 0.3 is 0 Å². The molecule has 0 radical (unpaired) electrons. The molecule has 2 aromatic rings. The molecule has 1 aromatic heterocycles. The van der Waals surface area contributed by atoms with Crippen LogP contribution < -0.4 is 10.6 Å². The van der Waals surface area contributed by atoms with Gasteiger partial charge < -0.3 is 15.6 Å². The maximum atomic E-state index is 12.3. The Balaban J connectivity index is 1.75. The molecule has 19 heavy (non-hydrogen) atoms. The molecule has 0 bridgehead atoms. The van der Waals surface area contributed by atoms with Gasteiger partial charge in [-0.15, -0.1) is 0 Å². The molecule has 1 amide bonds. The van der Waals surface area contributed by atoms with Crippen LogP contribution in [0.3, 0.4) is 0 Å². The van der Waals surface area contributed by atoms with E-state index in [-0.39, 0.29) is 11.9 Å². The number of H-pyrrole nitrogens is 1. The summed E-state index contributed by atoms with van der Waals surface area (Å²) in [6, 6.07) is 8.30. The maximum absolute atomic E-state index is 12.3. The number of nitrogens with one attached hydrogen (secondary N) is 3. The van der Waals surface area contributed by atoms with Gasteiger partial charge in [0.2, 0.25) is 0 Å². The SMILES string of the molecule is CC1NCCCC1NC(=O)c1ccc2[nH]ccc2c1. The van der Waals surface area contributed by atoms with Crippen molar-refractivity contribution in [3.63, 3.8) is 0 Å². The van der Waals surface area contributed by atoms with Gasteiger partial charge in [-0.3, -0.25) is 4.79 Å². The van der Waals surface area contributed by atoms with E-state index in [4.69, 9.17) is 0 Å². The largest absolute Gasteiger partial charge is 0.361 e. The van der Waals surface area contributed by atoms with Crippen LogP contribution in [-0.2, 0) is 0 Å². The van der Waals surface area contributed by atoms with Crippen LogP contribution in [0.4, 0.5) is 0 Å². The molecule has 1 aliphatic heterocycles. The highest BCUT2D eigenvalue weighted by molar-refractivity contribution is 5.98. The lowest BCUT2D eigenvalue weighted by Gasteiger charge is -2.30. The van der Waals surface area contributed by atoms with Gasteiger partial charge in [0.05, 0.1) is 0 Å². The zero-order valence-electron chi connectivity index (χ0n) is 11.1. The van der Waals surface area contributed by atoms with Gasteiger partial charge in [-0.1, -0.05) is 0 Å². The predicted octanol–water partition coefficient (Wildman–Crippen LogP) is 2.04. The second kappa shape index (κ2) is 5.05. The van der Waals surface area contributed by atoms with E-state index in [9.17, 15) is 4.79 Å². The van der Waals surface area contributed by atoms with Crippen molar-refractivity contribution in [2.75, 3.05) is 6.54 Å². The van der Waals surface area contributed by atoms with E-state index in [1.807, 2.05) is 30.5 Å². The zero-order valence-corrected chi connectivity index (χ0v) is 11.1. The van der Waals surface area contributed by atoms with Crippen molar-refractivity contribution in [1.82, 2.24) is 15.6 Å². The van der Waals surface area contributed by atoms with Crippen molar-refractivity contribution in [3.05, 3.63) is 36.0 Å².